The number of rotatable bonds is 5. The molecule has 0 bridgehead atoms. The minimum absolute atomic E-state index is 0.179. The standard InChI is InChI=1S/C16H31N3O2/c1-16(2,21)13-19-10-8-18(9-11-19)12-15(20)17-14-6-4-3-5-7-14/h14,21H,3-13H2,1-2H3,(H,17,20). The molecule has 1 aliphatic carbocycles. The maximum atomic E-state index is 12.1. The highest BCUT2D eigenvalue weighted by Crippen LogP contribution is 2.17. The van der Waals surface area contributed by atoms with E-state index in [1.165, 1.54) is 19.3 Å². The molecule has 1 aliphatic heterocycles. The molecule has 1 saturated heterocycles. The fourth-order valence-electron chi connectivity index (χ4n) is 3.38. The monoisotopic (exact) mass is 297 g/mol. The van der Waals surface area contributed by atoms with E-state index in [1.54, 1.807) is 0 Å². The number of hydrogen-bond acceptors (Lipinski definition) is 4. The molecule has 1 amide bonds. The van der Waals surface area contributed by atoms with Crippen LogP contribution in [-0.4, -0.2) is 71.7 Å². The third-order valence-electron chi connectivity index (χ3n) is 4.41. The molecular formula is C16H31N3O2. The Bertz CT molecular complexity index is 327. The van der Waals surface area contributed by atoms with Gasteiger partial charge in [0, 0.05) is 38.8 Å². The molecular weight excluding hydrogens is 266 g/mol. The number of carbonyl (C=O) groups is 1. The maximum absolute atomic E-state index is 12.1. The quantitative estimate of drug-likeness (QED) is 0.789. The summed E-state index contributed by atoms with van der Waals surface area (Å²) in [6, 6.07) is 0.405. The second kappa shape index (κ2) is 7.56. The van der Waals surface area contributed by atoms with E-state index in [4.69, 9.17) is 0 Å². The molecule has 0 spiro atoms. The van der Waals surface area contributed by atoms with E-state index in [-0.39, 0.29) is 5.91 Å². The first-order chi connectivity index (χ1) is 9.92. The highest BCUT2D eigenvalue weighted by Gasteiger charge is 2.24. The van der Waals surface area contributed by atoms with Gasteiger partial charge in [0.15, 0.2) is 0 Å². The van der Waals surface area contributed by atoms with Gasteiger partial charge in [0.1, 0.15) is 0 Å². The Morgan fingerprint density at radius 1 is 1.10 bits per heavy atom. The molecule has 2 N–H and O–H groups in total. The van der Waals surface area contributed by atoms with Gasteiger partial charge in [-0.05, 0) is 26.7 Å². The summed E-state index contributed by atoms with van der Waals surface area (Å²) in [5, 5.41) is 13.0. The van der Waals surface area contributed by atoms with Crippen LogP contribution in [0.2, 0.25) is 0 Å². The van der Waals surface area contributed by atoms with Gasteiger partial charge in [0.25, 0.3) is 0 Å². The predicted octanol–water partition coefficient (Wildman–Crippen LogP) is 0.824. The summed E-state index contributed by atoms with van der Waals surface area (Å²) in [6.45, 7) is 8.60. The Kier molecular flexibility index (Phi) is 6.02. The number of piperazine rings is 1. The largest absolute Gasteiger partial charge is 0.389 e. The van der Waals surface area contributed by atoms with Crippen molar-refractivity contribution in [2.75, 3.05) is 39.3 Å². The number of β-amino-alcohol motifs (C(OH)–C–C–N with tert-alkyl or cyclic N) is 1. The van der Waals surface area contributed by atoms with Crippen molar-refractivity contribution in [2.45, 2.75) is 57.6 Å². The van der Waals surface area contributed by atoms with Crippen LogP contribution in [0, 0.1) is 0 Å². The molecule has 1 heterocycles. The van der Waals surface area contributed by atoms with E-state index in [1.807, 2.05) is 13.8 Å². The van der Waals surface area contributed by atoms with Crippen LogP contribution in [0.1, 0.15) is 46.0 Å². The second-order valence-electron chi connectivity index (χ2n) is 7.27. The van der Waals surface area contributed by atoms with Crippen molar-refractivity contribution in [1.29, 1.82) is 0 Å². The van der Waals surface area contributed by atoms with Crippen LogP contribution < -0.4 is 5.32 Å². The number of carbonyl (C=O) groups excluding carboxylic acids is 1. The SMILES string of the molecule is CC(C)(O)CN1CCN(CC(=O)NC2CCCCC2)CC1. The molecule has 1 saturated carbocycles. The minimum atomic E-state index is -0.638. The van der Waals surface area contributed by atoms with E-state index in [0.717, 1.165) is 39.0 Å². The van der Waals surface area contributed by atoms with Gasteiger partial charge in [-0.15, -0.1) is 0 Å². The van der Waals surface area contributed by atoms with Gasteiger partial charge in [-0.3, -0.25) is 14.6 Å². The van der Waals surface area contributed by atoms with Crippen LogP contribution in [0.3, 0.4) is 0 Å². The number of nitrogens with one attached hydrogen (secondary N) is 1. The molecule has 2 rings (SSSR count). The van der Waals surface area contributed by atoms with Crippen molar-refractivity contribution >= 4 is 5.91 Å². The van der Waals surface area contributed by atoms with Gasteiger partial charge >= 0.3 is 0 Å². The summed E-state index contributed by atoms with van der Waals surface area (Å²) in [6.07, 6.45) is 6.10. The first-order valence-electron chi connectivity index (χ1n) is 8.39. The highest BCUT2D eigenvalue weighted by atomic mass is 16.3. The van der Waals surface area contributed by atoms with Gasteiger partial charge in [0.2, 0.25) is 5.91 Å². The summed E-state index contributed by atoms with van der Waals surface area (Å²) in [5.41, 5.74) is -0.638. The number of nitrogens with zero attached hydrogens (tertiary/aromatic N) is 2. The molecule has 21 heavy (non-hydrogen) atoms. The molecule has 5 heteroatoms. The molecule has 2 aliphatic rings. The molecule has 0 radical (unpaired) electrons. The van der Waals surface area contributed by atoms with Crippen LogP contribution in [0.25, 0.3) is 0 Å². The fraction of sp³-hybridized carbons (Fsp3) is 0.938. The van der Waals surface area contributed by atoms with Gasteiger partial charge in [0.05, 0.1) is 12.1 Å². The first kappa shape index (κ1) is 16.7. The van der Waals surface area contributed by atoms with Crippen LogP contribution in [-0.2, 0) is 4.79 Å². The van der Waals surface area contributed by atoms with Gasteiger partial charge in [-0.1, -0.05) is 19.3 Å². The van der Waals surface area contributed by atoms with E-state index in [2.05, 4.69) is 15.1 Å². The lowest BCUT2D eigenvalue weighted by Crippen LogP contribution is -2.53. The van der Waals surface area contributed by atoms with E-state index >= 15 is 0 Å². The van der Waals surface area contributed by atoms with Crippen LogP contribution in [0.15, 0.2) is 0 Å². The zero-order valence-corrected chi connectivity index (χ0v) is 13.6. The van der Waals surface area contributed by atoms with Gasteiger partial charge < -0.3 is 10.4 Å². The van der Waals surface area contributed by atoms with E-state index < -0.39 is 5.60 Å². The second-order valence-corrected chi connectivity index (χ2v) is 7.27. The van der Waals surface area contributed by atoms with E-state index in [9.17, 15) is 9.90 Å². The molecule has 0 unspecified atom stereocenters. The normalized spacial score (nSPS) is 23.2. The molecule has 0 atom stereocenters. The van der Waals surface area contributed by atoms with Crippen LogP contribution in [0.4, 0.5) is 0 Å². The van der Waals surface area contributed by atoms with Crippen LogP contribution >= 0.6 is 0 Å². The topological polar surface area (TPSA) is 55.8 Å². The molecule has 122 valence electrons. The summed E-state index contributed by atoms with van der Waals surface area (Å²) in [5.74, 6) is 0.179. The maximum Gasteiger partial charge on any atom is 0.234 e. The molecule has 0 aromatic heterocycles. The van der Waals surface area contributed by atoms with E-state index in [0.29, 0.717) is 19.1 Å². The zero-order chi connectivity index (χ0) is 15.3. The smallest absolute Gasteiger partial charge is 0.234 e. The van der Waals surface area contributed by atoms with Crippen LogP contribution in [0.5, 0.6) is 0 Å². The zero-order valence-electron chi connectivity index (χ0n) is 13.6. The van der Waals surface area contributed by atoms with Crippen molar-refractivity contribution in [1.82, 2.24) is 15.1 Å². The van der Waals surface area contributed by atoms with Crippen molar-refractivity contribution in [3.8, 4) is 0 Å². The van der Waals surface area contributed by atoms with Crippen molar-refractivity contribution in [3.63, 3.8) is 0 Å². The summed E-state index contributed by atoms with van der Waals surface area (Å²) in [7, 11) is 0. The Labute approximate surface area is 128 Å². The predicted molar refractivity (Wildman–Crippen MR) is 84.2 cm³/mol. The Balaban J connectivity index is 1.64. The number of aliphatic hydroxyl groups is 1. The molecule has 5 nitrogen and oxygen atoms in total. The highest BCUT2D eigenvalue weighted by molar-refractivity contribution is 5.78. The number of hydrogen-bond donors (Lipinski definition) is 2. The average Bonchev–Trinajstić information content (AvgIpc) is 2.40. The lowest BCUT2D eigenvalue weighted by atomic mass is 9.95. The summed E-state index contributed by atoms with van der Waals surface area (Å²) < 4.78 is 0. The Morgan fingerprint density at radius 3 is 2.24 bits per heavy atom. The van der Waals surface area contributed by atoms with Crippen molar-refractivity contribution < 1.29 is 9.90 Å². The van der Waals surface area contributed by atoms with Gasteiger partial charge in [-0.2, -0.15) is 0 Å². The lowest BCUT2D eigenvalue weighted by molar-refractivity contribution is -0.123. The van der Waals surface area contributed by atoms with Crippen molar-refractivity contribution in [2.24, 2.45) is 0 Å². The summed E-state index contributed by atoms with van der Waals surface area (Å²) >= 11 is 0. The first-order valence-corrected chi connectivity index (χ1v) is 8.39. The van der Waals surface area contributed by atoms with Crippen molar-refractivity contribution in [3.05, 3.63) is 0 Å². The molecule has 0 aromatic rings. The number of amides is 1. The minimum Gasteiger partial charge on any atom is -0.389 e. The lowest BCUT2D eigenvalue weighted by Gasteiger charge is -2.37. The fourth-order valence-corrected chi connectivity index (χ4v) is 3.38. The Morgan fingerprint density at radius 2 is 1.67 bits per heavy atom. The van der Waals surface area contributed by atoms with Gasteiger partial charge in [-0.25, -0.2) is 0 Å². The average molecular weight is 297 g/mol. The third kappa shape index (κ3) is 6.32. The third-order valence-corrected chi connectivity index (χ3v) is 4.41. The summed E-state index contributed by atoms with van der Waals surface area (Å²) in [4.78, 5) is 16.6. The Hall–Kier alpha value is -0.650. The molecule has 0 aromatic carbocycles. The molecule has 2 fully saturated rings.